The van der Waals surface area contributed by atoms with Crippen molar-refractivity contribution in [3.63, 3.8) is 0 Å². The summed E-state index contributed by atoms with van der Waals surface area (Å²) in [5.74, 6) is 0.848. The number of imidazole rings is 1. The van der Waals surface area contributed by atoms with Gasteiger partial charge in [-0.3, -0.25) is 4.90 Å². The second-order valence-corrected chi connectivity index (χ2v) is 6.80. The standard InChI is InChI=1S/C18H22F3N3O/c1-12(2)24-7-6-22-17(24)11-23-10-15(25)9-16(23)13-4-3-5-14(8-13)18(19,20)21/h3-8,12,15-16,25H,9-11H2,1-2H3/t15-,16-/m0/s1. The highest BCUT2D eigenvalue weighted by Gasteiger charge is 2.35. The van der Waals surface area contributed by atoms with Crippen LogP contribution in [0.25, 0.3) is 0 Å². The number of halogens is 3. The number of aromatic nitrogens is 2. The molecule has 1 aromatic heterocycles. The summed E-state index contributed by atoms with van der Waals surface area (Å²) in [6.07, 6.45) is -0.885. The number of β-amino-alcohol motifs (C(OH)–C–C–N with tert-alkyl or cyclic N) is 1. The smallest absolute Gasteiger partial charge is 0.392 e. The van der Waals surface area contributed by atoms with Gasteiger partial charge in [-0.1, -0.05) is 12.1 Å². The van der Waals surface area contributed by atoms with Gasteiger partial charge in [-0.25, -0.2) is 4.98 Å². The van der Waals surface area contributed by atoms with E-state index in [2.05, 4.69) is 4.98 Å². The van der Waals surface area contributed by atoms with Crippen molar-refractivity contribution in [2.45, 2.75) is 51.2 Å². The van der Waals surface area contributed by atoms with Gasteiger partial charge in [0.2, 0.25) is 0 Å². The molecule has 0 unspecified atom stereocenters. The van der Waals surface area contributed by atoms with E-state index in [0.29, 0.717) is 25.1 Å². The van der Waals surface area contributed by atoms with Gasteiger partial charge in [0, 0.05) is 31.0 Å². The summed E-state index contributed by atoms with van der Waals surface area (Å²) >= 11 is 0. The number of alkyl halides is 3. The van der Waals surface area contributed by atoms with E-state index in [1.165, 1.54) is 12.1 Å². The van der Waals surface area contributed by atoms with E-state index in [1.54, 1.807) is 12.3 Å². The molecule has 1 aliphatic rings. The van der Waals surface area contributed by atoms with E-state index in [9.17, 15) is 18.3 Å². The van der Waals surface area contributed by atoms with E-state index in [4.69, 9.17) is 0 Å². The van der Waals surface area contributed by atoms with Crippen molar-refractivity contribution in [2.75, 3.05) is 6.54 Å². The second kappa shape index (κ2) is 6.80. The van der Waals surface area contributed by atoms with Crippen LogP contribution in [-0.2, 0) is 12.7 Å². The van der Waals surface area contributed by atoms with E-state index >= 15 is 0 Å². The number of rotatable bonds is 4. The van der Waals surface area contributed by atoms with Gasteiger partial charge in [0.15, 0.2) is 0 Å². The Bertz CT molecular complexity index is 726. The first kappa shape index (κ1) is 17.9. The first-order valence-electron chi connectivity index (χ1n) is 8.36. The Kier molecular flexibility index (Phi) is 4.88. The molecule has 0 saturated carbocycles. The van der Waals surface area contributed by atoms with Crippen LogP contribution >= 0.6 is 0 Å². The van der Waals surface area contributed by atoms with Crippen LogP contribution < -0.4 is 0 Å². The molecular weight excluding hydrogens is 331 g/mol. The van der Waals surface area contributed by atoms with E-state index in [1.807, 2.05) is 29.5 Å². The highest BCUT2D eigenvalue weighted by atomic mass is 19.4. The number of aliphatic hydroxyl groups excluding tert-OH is 1. The average molecular weight is 353 g/mol. The minimum Gasteiger partial charge on any atom is -0.392 e. The van der Waals surface area contributed by atoms with Gasteiger partial charge in [0.05, 0.1) is 18.2 Å². The summed E-state index contributed by atoms with van der Waals surface area (Å²) in [5.41, 5.74) is -0.0796. The Morgan fingerprint density at radius 1 is 1.32 bits per heavy atom. The molecule has 2 aromatic rings. The normalized spacial score (nSPS) is 22.0. The second-order valence-electron chi connectivity index (χ2n) is 6.80. The maximum Gasteiger partial charge on any atom is 0.416 e. The van der Waals surface area contributed by atoms with Crippen LogP contribution in [0.5, 0.6) is 0 Å². The Hall–Kier alpha value is -1.86. The van der Waals surface area contributed by atoms with Crippen molar-refractivity contribution in [3.8, 4) is 0 Å². The quantitative estimate of drug-likeness (QED) is 0.909. The SMILES string of the molecule is CC(C)n1ccnc1CN1C[C@@H](O)C[C@H]1c1cccc(C(F)(F)F)c1. The lowest BCUT2D eigenvalue weighted by molar-refractivity contribution is -0.137. The van der Waals surface area contributed by atoms with Crippen molar-refractivity contribution in [1.29, 1.82) is 0 Å². The zero-order valence-corrected chi connectivity index (χ0v) is 14.2. The lowest BCUT2D eigenvalue weighted by atomic mass is 10.0. The number of nitrogens with zero attached hydrogens (tertiary/aromatic N) is 3. The van der Waals surface area contributed by atoms with Crippen LogP contribution in [0.3, 0.4) is 0 Å². The molecule has 136 valence electrons. The van der Waals surface area contributed by atoms with Crippen LogP contribution in [0.1, 0.15) is 49.3 Å². The summed E-state index contributed by atoms with van der Waals surface area (Å²) in [7, 11) is 0. The number of benzene rings is 1. The molecule has 2 atom stereocenters. The Morgan fingerprint density at radius 3 is 2.76 bits per heavy atom. The van der Waals surface area contributed by atoms with Crippen LogP contribution in [-0.4, -0.2) is 32.2 Å². The first-order chi connectivity index (χ1) is 11.8. The largest absolute Gasteiger partial charge is 0.416 e. The summed E-state index contributed by atoms with van der Waals surface area (Å²) < 4.78 is 41.0. The van der Waals surface area contributed by atoms with Gasteiger partial charge in [-0.2, -0.15) is 13.2 Å². The fourth-order valence-electron chi connectivity index (χ4n) is 3.44. The number of hydrogen-bond acceptors (Lipinski definition) is 3. The van der Waals surface area contributed by atoms with Gasteiger partial charge in [0.1, 0.15) is 5.82 Å². The minimum absolute atomic E-state index is 0.247. The molecule has 25 heavy (non-hydrogen) atoms. The molecule has 0 amide bonds. The van der Waals surface area contributed by atoms with Crippen LogP contribution in [0.4, 0.5) is 13.2 Å². The zero-order valence-electron chi connectivity index (χ0n) is 14.2. The fourth-order valence-corrected chi connectivity index (χ4v) is 3.44. The lowest BCUT2D eigenvalue weighted by Gasteiger charge is -2.25. The molecule has 0 bridgehead atoms. The molecule has 1 aromatic carbocycles. The molecule has 1 aliphatic heterocycles. The lowest BCUT2D eigenvalue weighted by Crippen LogP contribution is -2.26. The first-order valence-corrected chi connectivity index (χ1v) is 8.36. The molecule has 3 rings (SSSR count). The Labute approximate surface area is 144 Å². The summed E-state index contributed by atoms with van der Waals surface area (Å²) in [6.45, 7) is 5.01. The predicted molar refractivity (Wildman–Crippen MR) is 87.8 cm³/mol. The van der Waals surface area contributed by atoms with Gasteiger partial charge in [0.25, 0.3) is 0 Å². The minimum atomic E-state index is -4.37. The van der Waals surface area contributed by atoms with Crippen LogP contribution in [0, 0.1) is 0 Å². The highest BCUT2D eigenvalue weighted by molar-refractivity contribution is 5.29. The van der Waals surface area contributed by atoms with E-state index in [-0.39, 0.29) is 12.1 Å². The van der Waals surface area contributed by atoms with Gasteiger partial charge >= 0.3 is 6.18 Å². The highest BCUT2D eigenvalue weighted by Crippen LogP contribution is 2.36. The maximum atomic E-state index is 13.0. The van der Waals surface area contributed by atoms with Gasteiger partial charge in [-0.15, -0.1) is 0 Å². The third kappa shape index (κ3) is 3.88. The van der Waals surface area contributed by atoms with Crippen LogP contribution in [0.2, 0.25) is 0 Å². The fraction of sp³-hybridized carbons (Fsp3) is 0.500. The monoisotopic (exact) mass is 353 g/mol. The van der Waals surface area contributed by atoms with E-state index in [0.717, 1.165) is 11.9 Å². The summed E-state index contributed by atoms with van der Waals surface area (Å²) in [6, 6.07) is 5.37. The molecule has 7 heteroatoms. The molecule has 0 aliphatic carbocycles. The van der Waals surface area contributed by atoms with Crippen molar-refractivity contribution < 1.29 is 18.3 Å². The predicted octanol–water partition coefficient (Wildman–Crippen LogP) is 3.79. The van der Waals surface area contributed by atoms with E-state index < -0.39 is 17.8 Å². The molecule has 0 spiro atoms. The molecule has 1 N–H and O–H groups in total. The zero-order chi connectivity index (χ0) is 18.2. The molecular formula is C18H22F3N3O. The molecule has 4 nitrogen and oxygen atoms in total. The third-order valence-electron chi connectivity index (χ3n) is 4.63. The third-order valence-corrected chi connectivity index (χ3v) is 4.63. The Morgan fingerprint density at radius 2 is 2.08 bits per heavy atom. The molecule has 2 heterocycles. The van der Waals surface area contributed by atoms with Crippen LogP contribution in [0.15, 0.2) is 36.7 Å². The molecule has 1 saturated heterocycles. The summed E-state index contributed by atoms with van der Waals surface area (Å²) in [4.78, 5) is 6.37. The van der Waals surface area contributed by atoms with Gasteiger partial charge in [-0.05, 0) is 38.0 Å². The Balaban J connectivity index is 1.86. The maximum absolute atomic E-state index is 13.0. The number of hydrogen-bond donors (Lipinski definition) is 1. The van der Waals surface area contributed by atoms with Crippen molar-refractivity contribution in [1.82, 2.24) is 14.5 Å². The van der Waals surface area contributed by atoms with Crippen molar-refractivity contribution in [3.05, 3.63) is 53.6 Å². The molecule has 1 fully saturated rings. The van der Waals surface area contributed by atoms with Crippen molar-refractivity contribution in [2.24, 2.45) is 0 Å². The topological polar surface area (TPSA) is 41.3 Å². The number of likely N-dealkylation sites (tertiary alicyclic amines) is 1. The molecule has 0 radical (unpaired) electrons. The average Bonchev–Trinajstić information content (AvgIpc) is 3.13. The number of aliphatic hydroxyl groups is 1. The van der Waals surface area contributed by atoms with Gasteiger partial charge < -0.3 is 9.67 Å². The van der Waals surface area contributed by atoms with Crippen molar-refractivity contribution >= 4 is 0 Å². The summed E-state index contributed by atoms with van der Waals surface area (Å²) in [5, 5.41) is 10.1.